The molecule has 2 heteroatoms. The highest BCUT2D eigenvalue weighted by molar-refractivity contribution is 7.80. The standard InChI is InChI=1S/C7H8.C4H8OS/c1-7-5-3-2-4-6-7;1-3-5-4(2)6/h2-6H,1H3;3H2,1-2H3. The lowest BCUT2D eigenvalue weighted by atomic mass is 10.2. The molecule has 0 bridgehead atoms. The van der Waals surface area contributed by atoms with Gasteiger partial charge >= 0.3 is 0 Å². The monoisotopic (exact) mass is 196 g/mol. The van der Waals surface area contributed by atoms with Crippen LogP contribution in [0.2, 0.25) is 0 Å². The van der Waals surface area contributed by atoms with Gasteiger partial charge in [-0.05, 0) is 26.1 Å². The van der Waals surface area contributed by atoms with Crippen LogP contribution in [0.3, 0.4) is 0 Å². The van der Waals surface area contributed by atoms with E-state index in [2.05, 4.69) is 31.3 Å². The molecular formula is C11H16OS. The van der Waals surface area contributed by atoms with Crippen molar-refractivity contribution in [1.82, 2.24) is 0 Å². The van der Waals surface area contributed by atoms with E-state index in [0.717, 1.165) is 0 Å². The van der Waals surface area contributed by atoms with Gasteiger partial charge in [0.1, 0.15) is 0 Å². The summed E-state index contributed by atoms with van der Waals surface area (Å²) in [5.74, 6) is 0. The van der Waals surface area contributed by atoms with Crippen LogP contribution in [0.15, 0.2) is 30.3 Å². The second-order valence-corrected chi connectivity index (χ2v) is 3.15. The van der Waals surface area contributed by atoms with Gasteiger partial charge in [-0.3, -0.25) is 0 Å². The van der Waals surface area contributed by atoms with Crippen LogP contribution in [0.4, 0.5) is 0 Å². The summed E-state index contributed by atoms with van der Waals surface area (Å²) in [6.07, 6.45) is 0. The molecule has 1 rings (SSSR count). The highest BCUT2D eigenvalue weighted by atomic mass is 32.1. The molecule has 0 radical (unpaired) electrons. The summed E-state index contributed by atoms with van der Waals surface area (Å²) in [5.41, 5.74) is 1.32. The Morgan fingerprint density at radius 1 is 1.31 bits per heavy atom. The van der Waals surface area contributed by atoms with E-state index in [-0.39, 0.29) is 0 Å². The van der Waals surface area contributed by atoms with E-state index in [9.17, 15) is 0 Å². The van der Waals surface area contributed by atoms with Gasteiger partial charge in [0.05, 0.1) is 6.61 Å². The molecule has 0 unspecified atom stereocenters. The van der Waals surface area contributed by atoms with E-state index in [1.807, 2.05) is 25.1 Å². The molecule has 0 saturated heterocycles. The quantitative estimate of drug-likeness (QED) is 0.637. The molecule has 0 aliphatic carbocycles. The lowest BCUT2D eigenvalue weighted by Crippen LogP contribution is -1.92. The normalized spacial score (nSPS) is 8.23. The molecule has 0 spiro atoms. The molecule has 0 saturated carbocycles. The van der Waals surface area contributed by atoms with Gasteiger partial charge < -0.3 is 4.74 Å². The van der Waals surface area contributed by atoms with Crippen molar-refractivity contribution in [2.45, 2.75) is 20.8 Å². The smallest absolute Gasteiger partial charge is 0.156 e. The van der Waals surface area contributed by atoms with E-state index in [0.29, 0.717) is 11.7 Å². The third-order valence-electron chi connectivity index (χ3n) is 1.29. The topological polar surface area (TPSA) is 9.23 Å². The van der Waals surface area contributed by atoms with Gasteiger partial charge in [-0.25, -0.2) is 0 Å². The van der Waals surface area contributed by atoms with Crippen molar-refractivity contribution in [2.75, 3.05) is 6.61 Å². The lowest BCUT2D eigenvalue weighted by molar-refractivity contribution is 0.334. The number of benzene rings is 1. The van der Waals surface area contributed by atoms with Crippen LogP contribution in [0.1, 0.15) is 19.4 Å². The van der Waals surface area contributed by atoms with Crippen LogP contribution >= 0.6 is 12.2 Å². The van der Waals surface area contributed by atoms with Gasteiger partial charge in [-0.15, -0.1) is 0 Å². The molecule has 0 aliphatic rings. The van der Waals surface area contributed by atoms with Crippen molar-refractivity contribution >= 4 is 17.3 Å². The van der Waals surface area contributed by atoms with Crippen LogP contribution in [0, 0.1) is 6.92 Å². The predicted octanol–water partition coefficient (Wildman–Crippen LogP) is 3.37. The molecule has 1 aromatic carbocycles. The Hall–Kier alpha value is -0.890. The Labute approximate surface area is 85.7 Å². The zero-order valence-corrected chi connectivity index (χ0v) is 9.23. The first-order chi connectivity index (χ1) is 6.16. The summed E-state index contributed by atoms with van der Waals surface area (Å²) >= 11 is 4.57. The van der Waals surface area contributed by atoms with Crippen molar-refractivity contribution in [3.05, 3.63) is 35.9 Å². The Morgan fingerprint density at radius 3 is 2.00 bits per heavy atom. The minimum absolute atomic E-state index is 0.623. The summed E-state index contributed by atoms with van der Waals surface area (Å²) in [6.45, 7) is 6.45. The van der Waals surface area contributed by atoms with Crippen molar-refractivity contribution in [2.24, 2.45) is 0 Å². The molecular weight excluding hydrogens is 180 g/mol. The van der Waals surface area contributed by atoms with Crippen molar-refractivity contribution < 1.29 is 4.74 Å². The first-order valence-electron chi connectivity index (χ1n) is 4.31. The predicted molar refractivity (Wildman–Crippen MR) is 61.1 cm³/mol. The second-order valence-electron chi connectivity index (χ2n) is 2.58. The maximum atomic E-state index is 4.77. The average molecular weight is 196 g/mol. The summed E-state index contributed by atoms with van der Waals surface area (Å²) in [4.78, 5) is 0. The van der Waals surface area contributed by atoms with E-state index >= 15 is 0 Å². The summed E-state index contributed by atoms with van der Waals surface area (Å²) < 4.78 is 4.77. The average Bonchev–Trinajstić information content (AvgIpc) is 2.06. The van der Waals surface area contributed by atoms with Gasteiger partial charge in [-0.2, -0.15) is 0 Å². The molecule has 1 nitrogen and oxygen atoms in total. The van der Waals surface area contributed by atoms with Crippen LogP contribution in [0.25, 0.3) is 0 Å². The maximum absolute atomic E-state index is 4.77. The molecule has 0 aliphatic heterocycles. The number of ether oxygens (including phenoxy) is 1. The number of rotatable bonds is 1. The molecule has 0 amide bonds. The molecule has 0 N–H and O–H groups in total. The SMILES string of the molecule is CCOC(C)=S.Cc1ccccc1. The minimum atomic E-state index is 0.623. The fourth-order valence-electron chi connectivity index (χ4n) is 0.738. The fraction of sp³-hybridized carbons (Fsp3) is 0.364. The van der Waals surface area contributed by atoms with E-state index in [1.54, 1.807) is 6.92 Å². The largest absolute Gasteiger partial charge is 0.488 e. The number of thiocarbonyl (C=S) groups is 1. The molecule has 0 atom stereocenters. The van der Waals surface area contributed by atoms with Crippen LogP contribution in [-0.2, 0) is 4.74 Å². The third kappa shape index (κ3) is 9.02. The Morgan fingerprint density at radius 2 is 1.85 bits per heavy atom. The van der Waals surface area contributed by atoms with Crippen LogP contribution < -0.4 is 0 Å². The van der Waals surface area contributed by atoms with E-state index < -0.39 is 0 Å². The Kier molecular flexibility index (Phi) is 7.21. The number of hydrogen-bond donors (Lipinski definition) is 0. The van der Waals surface area contributed by atoms with Crippen LogP contribution in [0.5, 0.6) is 0 Å². The van der Waals surface area contributed by atoms with E-state index in [1.165, 1.54) is 5.56 Å². The van der Waals surface area contributed by atoms with Gasteiger partial charge in [0, 0.05) is 6.92 Å². The minimum Gasteiger partial charge on any atom is -0.488 e. The zero-order valence-electron chi connectivity index (χ0n) is 8.41. The molecule has 72 valence electrons. The lowest BCUT2D eigenvalue weighted by Gasteiger charge is -1.93. The van der Waals surface area contributed by atoms with Crippen molar-refractivity contribution in [1.29, 1.82) is 0 Å². The Bertz CT molecular complexity index is 231. The molecule has 0 heterocycles. The molecule has 0 aromatic heterocycles. The first kappa shape index (κ1) is 12.1. The van der Waals surface area contributed by atoms with Crippen molar-refractivity contribution in [3.8, 4) is 0 Å². The summed E-state index contributed by atoms with van der Waals surface area (Å²) in [7, 11) is 0. The summed E-state index contributed by atoms with van der Waals surface area (Å²) in [6, 6.07) is 10.3. The first-order valence-corrected chi connectivity index (χ1v) is 4.72. The second kappa shape index (κ2) is 7.74. The third-order valence-corrected chi connectivity index (χ3v) is 1.41. The molecule has 0 fully saturated rings. The highest BCUT2D eigenvalue weighted by Crippen LogP contribution is 1.92. The zero-order chi connectivity index (χ0) is 10.1. The summed E-state index contributed by atoms with van der Waals surface area (Å²) in [5, 5.41) is 0.623. The maximum Gasteiger partial charge on any atom is 0.156 e. The van der Waals surface area contributed by atoms with E-state index in [4.69, 9.17) is 4.74 Å². The van der Waals surface area contributed by atoms with Crippen molar-refractivity contribution in [3.63, 3.8) is 0 Å². The number of aryl methyl sites for hydroxylation is 1. The molecule has 1 aromatic rings. The highest BCUT2D eigenvalue weighted by Gasteiger charge is 1.76. The van der Waals surface area contributed by atoms with Gasteiger partial charge in [0.25, 0.3) is 0 Å². The van der Waals surface area contributed by atoms with Gasteiger partial charge in [-0.1, -0.05) is 35.9 Å². The van der Waals surface area contributed by atoms with Gasteiger partial charge in [0.15, 0.2) is 5.05 Å². The van der Waals surface area contributed by atoms with Gasteiger partial charge in [0.2, 0.25) is 0 Å². The molecule has 13 heavy (non-hydrogen) atoms. The Balaban J connectivity index is 0.000000226. The fourth-order valence-corrected chi connectivity index (χ4v) is 0.855. The van der Waals surface area contributed by atoms with Crippen LogP contribution in [-0.4, -0.2) is 11.7 Å². The number of hydrogen-bond acceptors (Lipinski definition) is 2.